The van der Waals surface area contributed by atoms with Crippen molar-refractivity contribution >= 4 is 40.5 Å². The Bertz CT molecular complexity index is 471. The second kappa shape index (κ2) is 7.48. The quantitative estimate of drug-likeness (QED) is 0.739. The second-order valence-electron chi connectivity index (χ2n) is 4.01. The number of nitrogens with one attached hydrogen (secondary N) is 3. The van der Waals surface area contributed by atoms with Crippen molar-refractivity contribution in [3.8, 4) is 0 Å². The maximum Gasteiger partial charge on any atom is 0.224 e. The van der Waals surface area contributed by atoms with Crippen LogP contribution < -0.4 is 16.0 Å². The first-order chi connectivity index (χ1) is 9.01. The lowest BCUT2D eigenvalue weighted by molar-refractivity contribution is -0.118. The summed E-state index contributed by atoms with van der Waals surface area (Å²) in [6, 6.07) is 7.09. The van der Waals surface area contributed by atoms with Gasteiger partial charge >= 0.3 is 0 Å². The summed E-state index contributed by atoms with van der Waals surface area (Å²) in [5.41, 5.74) is 1.47. The van der Waals surface area contributed by atoms with E-state index < -0.39 is 0 Å². The van der Waals surface area contributed by atoms with E-state index >= 15 is 0 Å². The highest BCUT2D eigenvalue weighted by molar-refractivity contribution is 7.80. The van der Waals surface area contributed by atoms with Crippen LogP contribution in [0.5, 0.6) is 0 Å². The molecule has 0 unspecified atom stereocenters. The smallest absolute Gasteiger partial charge is 0.224 e. The van der Waals surface area contributed by atoms with Gasteiger partial charge in [0.05, 0.1) is 0 Å². The molecule has 0 radical (unpaired) electrons. The number of anilines is 2. The van der Waals surface area contributed by atoms with Crippen molar-refractivity contribution in [3.05, 3.63) is 24.3 Å². The van der Waals surface area contributed by atoms with Crippen LogP contribution in [0.25, 0.3) is 0 Å². The van der Waals surface area contributed by atoms with Gasteiger partial charge in [-0.15, -0.1) is 0 Å². The average Bonchev–Trinajstić information content (AvgIpc) is 2.31. The molecule has 1 aromatic rings. The van der Waals surface area contributed by atoms with Crippen LogP contribution in [0.4, 0.5) is 11.4 Å². The van der Waals surface area contributed by atoms with Crippen molar-refractivity contribution in [3.63, 3.8) is 0 Å². The van der Waals surface area contributed by atoms with Gasteiger partial charge in [0.2, 0.25) is 11.8 Å². The highest BCUT2D eigenvalue weighted by Gasteiger charge is 2.02. The Balaban J connectivity index is 2.54. The summed E-state index contributed by atoms with van der Waals surface area (Å²) < 4.78 is 0. The third-order valence-corrected chi connectivity index (χ3v) is 2.40. The topological polar surface area (TPSA) is 70.2 Å². The molecule has 0 saturated carbocycles. The van der Waals surface area contributed by atoms with Gasteiger partial charge in [-0.3, -0.25) is 9.59 Å². The van der Waals surface area contributed by atoms with Crippen molar-refractivity contribution < 1.29 is 9.59 Å². The number of carbonyl (C=O) groups excluding carboxylic acids is 2. The van der Waals surface area contributed by atoms with Crippen molar-refractivity contribution in [1.29, 1.82) is 0 Å². The van der Waals surface area contributed by atoms with Gasteiger partial charge < -0.3 is 16.0 Å². The van der Waals surface area contributed by atoms with E-state index in [-0.39, 0.29) is 16.9 Å². The Morgan fingerprint density at radius 1 is 1.11 bits per heavy atom. The Hall–Kier alpha value is -1.95. The van der Waals surface area contributed by atoms with Crippen LogP contribution in [0.15, 0.2) is 24.3 Å². The Morgan fingerprint density at radius 2 is 1.63 bits per heavy atom. The molecule has 1 aromatic carbocycles. The number of carbonyl (C=O) groups is 2. The van der Waals surface area contributed by atoms with E-state index in [1.165, 1.54) is 6.92 Å². The molecular formula is C13H17N3O2S. The largest absolute Gasteiger partial charge is 0.332 e. The van der Waals surface area contributed by atoms with E-state index in [0.29, 0.717) is 6.42 Å². The summed E-state index contributed by atoms with van der Waals surface area (Å²) in [7, 11) is 0. The Morgan fingerprint density at radius 3 is 2.11 bits per heavy atom. The van der Waals surface area contributed by atoms with E-state index in [1.54, 1.807) is 24.3 Å². The summed E-state index contributed by atoms with van der Waals surface area (Å²) in [6.45, 7) is 3.34. The number of hydrogen-bond acceptors (Lipinski definition) is 3. The van der Waals surface area contributed by atoms with Crippen molar-refractivity contribution in [2.75, 3.05) is 10.6 Å². The zero-order valence-electron chi connectivity index (χ0n) is 10.9. The molecule has 0 heterocycles. The zero-order valence-corrected chi connectivity index (χ0v) is 11.8. The SMILES string of the molecule is CCCC(=O)Nc1ccc(NC(=S)NC(C)=O)cc1. The van der Waals surface area contributed by atoms with Gasteiger partial charge in [-0.1, -0.05) is 6.92 Å². The van der Waals surface area contributed by atoms with Crippen molar-refractivity contribution in [2.24, 2.45) is 0 Å². The fraction of sp³-hybridized carbons (Fsp3) is 0.308. The van der Waals surface area contributed by atoms with Crippen LogP contribution in [0.3, 0.4) is 0 Å². The number of hydrogen-bond donors (Lipinski definition) is 3. The molecule has 5 nitrogen and oxygen atoms in total. The molecule has 2 amide bonds. The second-order valence-corrected chi connectivity index (χ2v) is 4.42. The summed E-state index contributed by atoms with van der Waals surface area (Å²) >= 11 is 4.94. The number of amides is 2. The lowest BCUT2D eigenvalue weighted by Crippen LogP contribution is -2.32. The van der Waals surface area contributed by atoms with Gasteiger partial charge in [0.15, 0.2) is 5.11 Å². The maximum atomic E-state index is 11.4. The third kappa shape index (κ3) is 5.96. The highest BCUT2D eigenvalue weighted by Crippen LogP contribution is 2.13. The normalized spacial score (nSPS) is 9.58. The molecule has 6 heteroatoms. The minimum atomic E-state index is -0.221. The van der Waals surface area contributed by atoms with E-state index in [9.17, 15) is 9.59 Å². The molecular weight excluding hydrogens is 262 g/mol. The first-order valence-corrected chi connectivity index (χ1v) is 6.40. The monoisotopic (exact) mass is 279 g/mol. The minimum Gasteiger partial charge on any atom is -0.332 e. The molecule has 0 aliphatic carbocycles. The molecule has 0 aromatic heterocycles. The van der Waals surface area contributed by atoms with Gasteiger partial charge in [-0.05, 0) is 42.9 Å². The van der Waals surface area contributed by atoms with E-state index in [2.05, 4.69) is 16.0 Å². The van der Waals surface area contributed by atoms with Crippen LogP contribution in [0.2, 0.25) is 0 Å². The van der Waals surface area contributed by atoms with Crippen LogP contribution in [-0.4, -0.2) is 16.9 Å². The summed E-state index contributed by atoms with van der Waals surface area (Å²) in [4.78, 5) is 22.2. The van der Waals surface area contributed by atoms with Gasteiger partial charge in [0, 0.05) is 24.7 Å². The minimum absolute atomic E-state index is 0.00280. The Kier molecular flexibility index (Phi) is 5.95. The van der Waals surface area contributed by atoms with Gasteiger partial charge in [0.25, 0.3) is 0 Å². The van der Waals surface area contributed by atoms with Gasteiger partial charge in [-0.25, -0.2) is 0 Å². The molecule has 3 N–H and O–H groups in total. The first kappa shape index (κ1) is 15.1. The molecule has 0 spiro atoms. The molecule has 0 atom stereocenters. The summed E-state index contributed by atoms with van der Waals surface area (Å²) in [5.74, 6) is -0.224. The zero-order chi connectivity index (χ0) is 14.3. The molecule has 0 fully saturated rings. The van der Waals surface area contributed by atoms with E-state index in [4.69, 9.17) is 12.2 Å². The predicted octanol–water partition coefficient (Wildman–Crippen LogP) is 2.26. The lowest BCUT2D eigenvalue weighted by atomic mass is 10.2. The van der Waals surface area contributed by atoms with Crippen molar-refractivity contribution in [2.45, 2.75) is 26.7 Å². The van der Waals surface area contributed by atoms with E-state index in [1.807, 2.05) is 6.92 Å². The van der Waals surface area contributed by atoms with Crippen LogP contribution >= 0.6 is 12.2 Å². The molecule has 102 valence electrons. The van der Waals surface area contributed by atoms with Crippen molar-refractivity contribution in [1.82, 2.24) is 5.32 Å². The van der Waals surface area contributed by atoms with E-state index in [0.717, 1.165) is 17.8 Å². The van der Waals surface area contributed by atoms with Crippen LogP contribution in [0, 0.1) is 0 Å². The number of thiocarbonyl (C=S) groups is 1. The van der Waals surface area contributed by atoms with Crippen LogP contribution in [0.1, 0.15) is 26.7 Å². The molecule has 0 aliphatic rings. The standard InChI is InChI=1S/C13H17N3O2S/c1-3-4-12(18)15-10-5-7-11(8-6-10)16-13(19)14-9(2)17/h5-8H,3-4H2,1-2H3,(H,15,18)(H2,14,16,17,19). The number of benzene rings is 1. The van der Waals surface area contributed by atoms with Gasteiger partial charge in [0.1, 0.15) is 0 Å². The molecule has 0 aliphatic heterocycles. The third-order valence-electron chi connectivity index (χ3n) is 2.19. The van der Waals surface area contributed by atoms with Crippen LogP contribution in [-0.2, 0) is 9.59 Å². The molecule has 0 saturated heterocycles. The Labute approximate surface area is 117 Å². The average molecular weight is 279 g/mol. The fourth-order valence-corrected chi connectivity index (χ4v) is 1.67. The first-order valence-electron chi connectivity index (χ1n) is 5.99. The lowest BCUT2D eigenvalue weighted by Gasteiger charge is -2.09. The summed E-state index contributed by atoms with van der Waals surface area (Å²) in [5, 5.41) is 8.36. The molecule has 1 rings (SSSR count). The van der Waals surface area contributed by atoms with Gasteiger partial charge in [-0.2, -0.15) is 0 Å². The number of rotatable bonds is 4. The predicted molar refractivity (Wildman–Crippen MR) is 80.0 cm³/mol. The highest BCUT2D eigenvalue weighted by atomic mass is 32.1. The fourth-order valence-electron chi connectivity index (χ4n) is 1.41. The maximum absolute atomic E-state index is 11.4. The molecule has 19 heavy (non-hydrogen) atoms. The molecule has 0 bridgehead atoms. The summed E-state index contributed by atoms with van der Waals surface area (Å²) in [6.07, 6.45) is 1.32.